The van der Waals surface area contributed by atoms with Crippen LogP contribution in [0.2, 0.25) is 0 Å². The fraction of sp³-hybridized carbons (Fsp3) is 0.0769. The van der Waals surface area contributed by atoms with Crippen LogP contribution in [-0.2, 0) is 0 Å². The molecule has 1 heterocycles. The van der Waals surface area contributed by atoms with Crippen LogP contribution in [0.25, 0.3) is 0 Å². The Balaban J connectivity index is 2.42. The third-order valence-electron chi connectivity index (χ3n) is 2.73. The van der Waals surface area contributed by atoms with Crippen LogP contribution in [0, 0.1) is 28.3 Å². The predicted octanol–water partition coefficient (Wildman–Crippen LogP) is 2.51. The first-order valence-corrected chi connectivity index (χ1v) is 5.82. The Morgan fingerprint density at radius 1 is 1.48 bits per heavy atom. The highest BCUT2D eigenvalue weighted by Crippen LogP contribution is 2.29. The number of aryl methyl sites for hydroxylation is 1. The van der Waals surface area contributed by atoms with Crippen LogP contribution in [0.3, 0.4) is 0 Å². The smallest absolute Gasteiger partial charge is 0.272 e. The number of amidine groups is 1. The number of nitrogen functional groups attached to an aromatic ring is 1. The van der Waals surface area contributed by atoms with Crippen molar-refractivity contribution in [2.45, 2.75) is 6.92 Å². The summed E-state index contributed by atoms with van der Waals surface area (Å²) in [5.74, 6) is -1.43. The van der Waals surface area contributed by atoms with Crippen molar-refractivity contribution in [3.8, 4) is 11.6 Å². The lowest BCUT2D eigenvalue weighted by atomic mass is 10.1. The van der Waals surface area contributed by atoms with Crippen molar-refractivity contribution < 1.29 is 14.1 Å². The number of nitro benzene ring substituents is 1. The molecule has 1 aromatic carbocycles. The molecule has 0 spiro atoms. The number of aromatic nitrogens is 1. The Morgan fingerprint density at radius 3 is 2.76 bits per heavy atom. The molecule has 0 aliphatic rings. The minimum atomic E-state index is -0.901. The number of nitro groups is 1. The maximum Gasteiger partial charge on any atom is 0.272 e. The third kappa shape index (κ3) is 2.94. The molecule has 2 aromatic rings. The van der Waals surface area contributed by atoms with Crippen molar-refractivity contribution in [1.82, 2.24) is 4.98 Å². The molecule has 0 saturated heterocycles. The lowest BCUT2D eigenvalue weighted by Gasteiger charge is -2.11. The van der Waals surface area contributed by atoms with Gasteiger partial charge in [0.05, 0.1) is 16.6 Å². The van der Waals surface area contributed by atoms with E-state index in [9.17, 15) is 14.5 Å². The van der Waals surface area contributed by atoms with E-state index in [4.69, 9.17) is 15.9 Å². The molecule has 0 radical (unpaired) electrons. The highest BCUT2D eigenvalue weighted by Gasteiger charge is 2.16. The lowest BCUT2D eigenvalue weighted by molar-refractivity contribution is -0.385. The van der Waals surface area contributed by atoms with Gasteiger partial charge in [0.15, 0.2) is 11.6 Å². The Bertz CT molecular complexity index is 733. The van der Waals surface area contributed by atoms with E-state index in [1.807, 2.05) is 0 Å². The van der Waals surface area contributed by atoms with Crippen LogP contribution < -0.4 is 10.5 Å². The standard InChI is InChI=1S/C13H11FN4O3/c1-7-4-5-17-13(11(7)12(15)16)21-10-3-2-8(18(19)20)6-9(10)14/h2-6H,1H3,(H3,15,16). The number of halogens is 1. The van der Waals surface area contributed by atoms with Crippen LogP contribution in [0.5, 0.6) is 11.6 Å². The van der Waals surface area contributed by atoms with Crippen LogP contribution >= 0.6 is 0 Å². The highest BCUT2D eigenvalue weighted by molar-refractivity contribution is 5.98. The van der Waals surface area contributed by atoms with Gasteiger partial charge in [-0.3, -0.25) is 15.5 Å². The zero-order valence-electron chi connectivity index (χ0n) is 11.0. The molecule has 0 aliphatic heterocycles. The average Bonchev–Trinajstić information content (AvgIpc) is 2.40. The van der Waals surface area contributed by atoms with E-state index in [1.165, 1.54) is 6.20 Å². The highest BCUT2D eigenvalue weighted by atomic mass is 19.1. The molecule has 0 unspecified atom stereocenters. The number of nitrogens with two attached hydrogens (primary N) is 1. The Hall–Kier alpha value is -3.03. The molecule has 1 aromatic heterocycles. The van der Waals surface area contributed by atoms with E-state index in [1.54, 1.807) is 13.0 Å². The van der Waals surface area contributed by atoms with E-state index >= 15 is 0 Å². The van der Waals surface area contributed by atoms with Crippen molar-refractivity contribution in [2.24, 2.45) is 5.73 Å². The molecule has 2 rings (SSSR count). The van der Waals surface area contributed by atoms with Crippen molar-refractivity contribution in [2.75, 3.05) is 0 Å². The van der Waals surface area contributed by atoms with E-state index in [2.05, 4.69) is 4.98 Å². The SMILES string of the molecule is Cc1ccnc(Oc2ccc([N+](=O)[O-])cc2F)c1C(=N)N. The second-order valence-electron chi connectivity index (χ2n) is 4.20. The number of benzene rings is 1. The van der Waals surface area contributed by atoms with E-state index in [-0.39, 0.29) is 28.7 Å². The van der Waals surface area contributed by atoms with Crippen LogP contribution in [0.4, 0.5) is 10.1 Å². The molecule has 0 fully saturated rings. The minimum Gasteiger partial charge on any atom is -0.435 e. The molecular formula is C13H11FN4O3. The summed E-state index contributed by atoms with van der Waals surface area (Å²) in [5, 5.41) is 18.1. The first-order valence-electron chi connectivity index (χ1n) is 5.82. The maximum absolute atomic E-state index is 13.8. The van der Waals surface area contributed by atoms with Crippen molar-refractivity contribution in [3.05, 3.63) is 57.5 Å². The van der Waals surface area contributed by atoms with E-state index < -0.39 is 10.7 Å². The zero-order valence-corrected chi connectivity index (χ0v) is 11.0. The number of rotatable bonds is 4. The van der Waals surface area contributed by atoms with Crippen LogP contribution in [0.1, 0.15) is 11.1 Å². The number of nitrogens with one attached hydrogen (secondary N) is 1. The lowest BCUT2D eigenvalue weighted by Crippen LogP contribution is -2.15. The summed E-state index contributed by atoms with van der Waals surface area (Å²) >= 11 is 0. The van der Waals surface area contributed by atoms with Gasteiger partial charge in [0.2, 0.25) is 5.88 Å². The van der Waals surface area contributed by atoms with E-state index in [0.29, 0.717) is 5.56 Å². The van der Waals surface area contributed by atoms with Crippen molar-refractivity contribution in [1.29, 1.82) is 5.41 Å². The molecular weight excluding hydrogens is 279 g/mol. The van der Waals surface area contributed by atoms with Gasteiger partial charge in [-0.25, -0.2) is 9.37 Å². The number of hydrogen-bond acceptors (Lipinski definition) is 5. The number of pyridine rings is 1. The monoisotopic (exact) mass is 290 g/mol. The molecule has 21 heavy (non-hydrogen) atoms. The van der Waals surface area contributed by atoms with Gasteiger partial charge in [0.25, 0.3) is 5.69 Å². The number of ether oxygens (including phenoxy) is 1. The summed E-state index contributed by atoms with van der Waals surface area (Å²) in [7, 11) is 0. The first kappa shape index (κ1) is 14.4. The average molecular weight is 290 g/mol. The normalized spacial score (nSPS) is 10.2. The van der Waals surface area contributed by atoms with Gasteiger partial charge < -0.3 is 10.5 Å². The van der Waals surface area contributed by atoms with E-state index in [0.717, 1.165) is 18.2 Å². The van der Waals surface area contributed by atoms with Crippen LogP contribution in [-0.4, -0.2) is 15.7 Å². The van der Waals surface area contributed by atoms with Gasteiger partial charge in [-0.15, -0.1) is 0 Å². The maximum atomic E-state index is 13.8. The zero-order chi connectivity index (χ0) is 15.6. The first-order chi connectivity index (χ1) is 9.90. The Morgan fingerprint density at radius 2 is 2.19 bits per heavy atom. The van der Waals surface area contributed by atoms with Crippen molar-refractivity contribution in [3.63, 3.8) is 0 Å². The van der Waals surface area contributed by atoms with Crippen molar-refractivity contribution >= 4 is 11.5 Å². The summed E-state index contributed by atoms with van der Waals surface area (Å²) in [5.41, 5.74) is 5.96. The third-order valence-corrected chi connectivity index (χ3v) is 2.73. The fourth-order valence-corrected chi connectivity index (χ4v) is 1.73. The van der Waals surface area contributed by atoms with Gasteiger partial charge >= 0.3 is 0 Å². The van der Waals surface area contributed by atoms with Gasteiger partial charge in [-0.05, 0) is 24.6 Å². The number of non-ortho nitro benzene ring substituents is 1. The van der Waals surface area contributed by atoms with Crippen LogP contribution in [0.15, 0.2) is 30.5 Å². The van der Waals surface area contributed by atoms with Gasteiger partial charge in [0.1, 0.15) is 5.84 Å². The largest absolute Gasteiger partial charge is 0.435 e. The second kappa shape index (κ2) is 5.53. The molecule has 0 aliphatic carbocycles. The fourth-order valence-electron chi connectivity index (χ4n) is 1.73. The molecule has 108 valence electrons. The van der Waals surface area contributed by atoms with Gasteiger partial charge in [-0.2, -0.15) is 0 Å². The summed E-state index contributed by atoms with van der Waals surface area (Å²) in [6.45, 7) is 1.71. The summed E-state index contributed by atoms with van der Waals surface area (Å²) < 4.78 is 19.1. The quantitative estimate of drug-likeness (QED) is 0.388. The van der Waals surface area contributed by atoms with Gasteiger partial charge in [-0.1, -0.05) is 0 Å². The topological polar surface area (TPSA) is 115 Å². The Kier molecular flexibility index (Phi) is 3.79. The molecule has 8 heteroatoms. The molecule has 0 amide bonds. The molecule has 0 atom stereocenters. The molecule has 0 saturated carbocycles. The molecule has 0 bridgehead atoms. The molecule has 7 nitrogen and oxygen atoms in total. The number of nitrogens with zero attached hydrogens (tertiary/aromatic N) is 2. The van der Waals surface area contributed by atoms with Gasteiger partial charge in [0, 0.05) is 12.3 Å². The minimum absolute atomic E-state index is 0.0322. The second-order valence-corrected chi connectivity index (χ2v) is 4.20. The Labute approximate surface area is 118 Å². The predicted molar refractivity (Wildman–Crippen MR) is 73.1 cm³/mol. The molecule has 3 N–H and O–H groups in total. The summed E-state index contributed by atoms with van der Waals surface area (Å²) in [6.07, 6.45) is 1.43. The summed E-state index contributed by atoms with van der Waals surface area (Å²) in [4.78, 5) is 13.8. The summed E-state index contributed by atoms with van der Waals surface area (Å²) in [6, 6.07) is 4.62. The number of hydrogen-bond donors (Lipinski definition) is 2.